The number of fused-ring (bicyclic) bond motifs is 2. The van der Waals surface area contributed by atoms with Gasteiger partial charge in [0, 0.05) is 12.6 Å². The van der Waals surface area contributed by atoms with Gasteiger partial charge in [-0.15, -0.1) is 0 Å². The Morgan fingerprint density at radius 1 is 1.15 bits per heavy atom. The van der Waals surface area contributed by atoms with Gasteiger partial charge in [-0.3, -0.25) is 4.90 Å². The van der Waals surface area contributed by atoms with E-state index >= 15 is 0 Å². The second kappa shape index (κ2) is 7.32. The number of likely N-dealkylation sites (tertiary alicyclic amines) is 1. The summed E-state index contributed by atoms with van der Waals surface area (Å²) in [4.78, 5) is 2.69. The Kier molecular flexibility index (Phi) is 4.90. The molecule has 0 radical (unpaired) electrons. The van der Waals surface area contributed by atoms with Gasteiger partial charge < -0.3 is 9.84 Å². The molecule has 2 fully saturated rings. The molecule has 0 amide bonds. The summed E-state index contributed by atoms with van der Waals surface area (Å²) >= 11 is 0. The lowest BCUT2D eigenvalue weighted by atomic mass is 9.63. The number of methoxy groups -OCH3 is 1. The van der Waals surface area contributed by atoms with Crippen LogP contribution >= 0.6 is 0 Å². The molecule has 1 saturated carbocycles. The van der Waals surface area contributed by atoms with Gasteiger partial charge in [0.05, 0.1) is 7.11 Å². The summed E-state index contributed by atoms with van der Waals surface area (Å²) in [5, 5.41) is 9.93. The van der Waals surface area contributed by atoms with Gasteiger partial charge >= 0.3 is 0 Å². The van der Waals surface area contributed by atoms with E-state index in [1.54, 1.807) is 13.2 Å². The number of rotatable bonds is 5. The molecule has 4 rings (SSSR count). The van der Waals surface area contributed by atoms with Crippen molar-refractivity contribution < 1.29 is 9.84 Å². The van der Waals surface area contributed by atoms with E-state index in [9.17, 15) is 5.11 Å². The van der Waals surface area contributed by atoms with Gasteiger partial charge in [-0.1, -0.05) is 36.8 Å². The van der Waals surface area contributed by atoms with Crippen LogP contribution in [0.3, 0.4) is 0 Å². The molecular weight excluding hydrogens is 322 g/mol. The number of para-hydroxylation sites is 1. The third kappa shape index (κ3) is 3.33. The minimum atomic E-state index is 0.266. The molecule has 1 aliphatic carbocycles. The van der Waals surface area contributed by atoms with Crippen molar-refractivity contribution in [1.82, 2.24) is 4.90 Å². The second-order valence-electron chi connectivity index (χ2n) is 7.93. The maximum Gasteiger partial charge on any atom is 0.122 e. The molecule has 2 aromatic rings. The Labute approximate surface area is 156 Å². The fraction of sp³-hybridized carbons (Fsp3) is 0.478. The van der Waals surface area contributed by atoms with E-state index in [1.165, 1.54) is 43.2 Å². The quantitative estimate of drug-likeness (QED) is 0.859. The van der Waals surface area contributed by atoms with Gasteiger partial charge in [-0.25, -0.2) is 0 Å². The Bertz CT molecular complexity index is 759. The molecule has 0 spiro atoms. The van der Waals surface area contributed by atoms with Crippen LogP contribution in [0.15, 0.2) is 48.5 Å². The topological polar surface area (TPSA) is 32.7 Å². The number of nitrogens with zero attached hydrogens (tertiary/aromatic N) is 1. The SMILES string of the molecule is COc1ccccc1CCN1CC[C@]2(c3cccc(O)c3)CCC[C@H]1C2. The third-order valence-electron chi connectivity index (χ3n) is 6.53. The number of piperidine rings is 1. The van der Waals surface area contributed by atoms with Crippen LogP contribution in [0.25, 0.3) is 0 Å². The molecule has 3 heteroatoms. The highest BCUT2D eigenvalue weighted by molar-refractivity contribution is 5.35. The highest BCUT2D eigenvalue weighted by atomic mass is 16.5. The first-order valence-corrected chi connectivity index (χ1v) is 9.86. The number of hydrogen-bond acceptors (Lipinski definition) is 3. The standard InChI is InChI=1S/C23H29NO2/c1-26-22-10-3-2-6-18(22)11-14-24-15-13-23(12-5-8-20(24)17-23)19-7-4-9-21(25)16-19/h2-4,6-7,9-10,16,20,25H,5,8,11-15,17H2,1H3/t20-,23+/m0/s1. The summed E-state index contributed by atoms with van der Waals surface area (Å²) in [6.07, 6.45) is 7.30. The van der Waals surface area contributed by atoms with Crippen LogP contribution in [-0.2, 0) is 11.8 Å². The van der Waals surface area contributed by atoms with Crippen LogP contribution < -0.4 is 4.74 Å². The average molecular weight is 351 g/mol. The van der Waals surface area contributed by atoms with Crippen molar-refractivity contribution in [2.45, 2.75) is 50.0 Å². The van der Waals surface area contributed by atoms with E-state index in [2.05, 4.69) is 29.2 Å². The van der Waals surface area contributed by atoms with E-state index in [0.29, 0.717) is 11.8 Å². The van der Waals surface area contributed by atoms with Crippen LogP contribution in [0, 0.1) is 0 Å². The monoisotopic (exact) mass is 351 g/mol. The minimum Gasteiger partial charge on any atom is -0.508 e. The van der Waals surface area contributed by atoms with E-state index in [-0.39, 0.29) is 5.41 Å². The lowest BCUT2D eigenvalue weighted by Crippen LogP contribution is -2.52. The zero-order valence-electron chi connectivity index (χ0n) is 15.7. The number of phenolic OH excluding ortho intramolecular Hbond substituents is 1. The summed E-state index contributed by atoms with van der Waals surface area (Å²) in [5.74, 6) is 1.40. The van der Waals surface area contributed by atoms with Crippen molar-refractivity contribution in [2.24, 2.45) is 0 Å². The highest BCUT2D eigenvalue weighted by Gasteiger charge is 2.43. The van der Waals surface area contributed by atoms with Gasteiger partial charge in [0.15, 0.2) is 0 Å². The number of aromatic hydroxyl groups is 1. The van der Waals surface area contributed by atoms with Crippen LogP contribution in [0.1, 0.15) is 43.2 Å². The molecule has 1 heterocycles. The largest absolute Gasteiger partial charge is 0.508 e. The molecule has 3 nitrogen and oxygen atoms in total. The normalized spacial score (nSPS) is 25.8. The van der Waals surface area contributed by atoms with Crippen LogP contribution in [-0.4, -0.2) is 36.2 Å². The molecule has 138 valence electrons. The van der Waals surface area contributed by atoms with E-state index in [4.69, 9.17) is 4.74 Å². The molecule has 2 bridgehead atoms. The predicted octanol–water partition coefficient (Wildman–Crippen LogP) is 4.53. The first-order chi connectivity index (χ1) is 12.7. The van der Waals surface area contributed by atoms with Gasteiger partial charge in [0.1, 0.15) is 11.5 Å². The Hall–Kier alpha value is -2.00. The number of ether oxygens (including phenoxy) is 1. The molecule has 2 atom stereocenters. The van der Waals surface area contributed by atoms with Crippen LogP contribution in [0.4, 0.5) is 0 Å². The predicted molar refractivity (Wildman–Crippen MR) is 105 cm³/mol. The average Bonchev–Trinajstić information content (AvgIpc) is 2.68. The molecule has 1 saturated heterocycles. The van der Waals surface area contributed by atoms with Gasteiger partial charge in [0.25, 0.3) is 0 Å². The minimum absolute atomic E-state index is 0.266. The van der Waals surface area contributed by atoms with Crippen LogP contribution in [0.2, 0.25) is 0 Å². The highest BCUT2D eigenvalue weighted by Crippen LogP contribution is 2.47. The smallest absolute Gasteiger partial charge is 0.122 e. The maximum atomic E-state index is 9.93. The lowest BCUT2D eigenvalue weighted by molar-refractivity contribution is 0.0523. The number of phenols is 1. The molecule has 0 aromatic heterocycles. The van der Waals surface area contributed by atoms with E-state index < -0.39 is 0 Å². The van der Waals surface area contributed by atoms with Gasteiger partial charge in [0.2, 0.25) is 0 Å². The van der Waals surface area contributed by atoms with Crippen LogP contribution in [0.5, 0.6) is 11.5 Å². The molecule has 26 heavy (non-hydrogen) atoms. The zero-order chi connectivity index (χ0) is 18.0. The van der Waals surface area contributed by atoms with Crippen molar-refractivity contribution in [1.29, 1.82) is 0 Å². The molecule has 2 aliphatic rings. The Morgan fingerprint density at radius 3 is 2.88 bits per heavy atom. The number of benzene rings is 2. The zero-order valence-corrected chi connectivity index (χ0v) is 15.7. The molecule has 0 unspecified atom stereocenters. The molecular formula is C23H29NO2. The Morgan fingerprint density at radius 2 is 2.04 bits per heavy atom. The Balaban J connectivity index is 1.46. The summed E-state index contributed by atoms with van der Waals surface area (Å²) in [6, 6.07) is 17.0. The summed E-state index contributed by atoms with van der Waals surface area (Å²) in [5.41, 5.74) is 2.91. The summed E-state index contributed by atoms with van der Waals surface area (Å²) < 4.78 is 5.51. The fourth-order valence-corrected chi connectivity index (χ4v) is 5.12. The maximum absolute atomic E-state index is 9.93. The van der Waals surface area contributed by atoms with E-state index in [1.807, 2.05) is 18.2 Å². The first-order valence-electron chi connectivity index (χ1n) is 9.86. The summed E-state index contributed by atoms with van der Waals surface area (Å²) in [7, 11) is 1.75. The fourth-order valence-electron chi connectivity index (χ4n) is 5.12. The lowest BCUT2D eigenvalue weighted by Gasteiger charge is -2.51. The van der Waals surface area contributed by atoms with E-state index in [0.717, 1.165) is 25.3 Å². The second-order valence-corrected chi connectivity index (χ2v) is 7.93. The van der Waals surface area contributed by atoms with Crippen molar-refractivity contribution >= 4 is 0 Å². The van der Waals surface area contributed by atoms with Crippen molar-refractivity contribution in [3.05, 3.63) is 59.7 Å². The first kappa shape index (κ1) is 17.4. The van der Waals surface area contributed by atoms with Crippen molar-refractivity contribution in [3.63, 3.8) is 0 Å². The molecule has 1 N–H and O–H groups in total. The van der Waals surface area contributed by atoms with Gasteiger partial charge in [-0.2, -0.15) is 0 Å². The molecule has 2 aromatic carbocycles. The number of hydrogen-bond donors (Lipinski definition) is 1. The van der Waals surface area contributed by atoms with Crippen molar-refractivity contribution in [3.8, 4) is 11.5 Å². The van der Waals surface area contributed by atoms with Gasteiger partial charge in [-0.05, 0) is 73.4 Å². The molecule has 1 aliphatic heterocycles. The van der Waals surface area contributed by atoms with Crippen molar-refractivity contribution in [2.75, 3.05) is 20.2 Å². The summed E-state index contributed by atoms with van der Waals surface area (Å²) in [6.45, 7) is 2.25. The third-order valence-corrected chi connectivity index (χ3v) is 6.53.